The average molecular weight is 379 g/mol. The van der Waals surface area contributed by atoms with Crippen molar-refractivity contribution < 1.29 is 14.3 Å². The number of allylic oxidation sites excluding steroid dienone is 1. The third-order valence-electron chi connectivity index (χ3n) is 6.33. The van der Waals surface area contributed by atoms with E-state index in [4.69, 9.17) is 4.74 Å². The summed E-state index contributed by atoms with van der Waals surface area (Å²) < 4.78 is 5.37. The number of nitrogens with one attached hydrogen (secondary N) is 1. The molecule has 0 spiro atoms. The molecule has 1 aromatic heterocycles. The van der Waals surface area contributed by atoms with Crippen molar-refractivity contribution in [2.45, 2.75) is 51.2 Å². The second-order valence-electron chi connectivity index (χ2n) is 8.27. The molecule has 3 aliphatic heterocycles. The second-order valence-corrected chi connectivity index (χ2v) is 8.27. The number of benzene rings is 1. The number of carbonyl (C=O) groups is 2. The predicted molar refractivity (Wildman–Crippen MR) is 106 cm³/mol. The number of carbonyl (C=O) groups excluding carboxylic acids is 2. The van der Waals surface area contributed by atoms with Crippen molar-refractivity contribution in [2.24, 2.45) is 0 Å². The number of nitrogens with zero attached hydrogens (tertiary/aromatic N) is 2. The van der Waals surface area contributed by atoms with Crippen LogP contribution in [0, 0.1) is 0 Å². The van der Waals surface area contributed by atoms with Crippen LogP contribution in [0.2, 0.25) is 0 Å². The first-order chi connectivity index (χ1) is 13.5. The largest absolute Gasteiger partial charge is 0.497 e. The minimum atomic E-state index is -0.420. The molecule has 2 aromatic rings. The summed E-state index contributed by atoms with van der Waals surface area (Å²) in [5.41, 5.74) is 4.27. The Bertz CT molecular complexity index is 1020. The van der Waals surface area contributed by atoms with Gasteiger partial charge >= 0.3 is 0 Å². The highest BCUT2D eigenvalue weighted by Crippen LogP contribution is 2.43. The molecule has 2 saturated heterocycles. The molecule has 1 aromatic carbocycles. The highest BCUT2D eigenvalue weighted by atomic mass is 16.5. The number of amides is 2. The number of fused-ring (bicyclic) bond motifs is 5. The summed E-state index contributed by atoms with van der Waals surface area (Å²) in [7, 11) is 1.65. The van der Waals surface area contributed by atoms with E-state index < -0.39 is 6.04 Å². The Morgan fingerprint density at radius 3 is 2.79 bits per heavy atom. The summed E-state index contributed by atoms with van der Waals surface area (Å²) in [6.07, 6.45) is 4.34. The second kappa shape index (κ2) is 6.12. The average Bonchev–Trinajstić information content (AvgIpc) is 3.30. The molecule has 4 heterocycles. The van der Waals surface area contributed by atoms with E-state index in [-0.39, 0.29) is 23.9 Å². The topological polar surface area (TPSA) is 65.6 Å². The molecule has 2 fully saturated rings. The van der Waals surface area contributed by atoms with E-state index in [0.29, 0.717) is 13.0 Å². The number of hydrogen-bond donors (Lipinski definition) is 1. The quantitative estimate of drug-likeness (QED) is 0.816. The van der Waals surface area contributed by atoms with Crippen LogP contribution in [0.3, 0.4) is 0 Å². The van der Waals surface area contributed by atoms with Gasteiger partial charge in [-0.25, -0.2) is 0 Å². The van der Waals surface area contributed by atoms with Gasteiger partial charge in [0.15, 0.2) is 0 Å². The Morgan fingerprint density at radius 2 is 2.04 bits per heavy atom. The van der Waals surface area contributed by atoms with E-state index >= 15 is 0 Å². The smallest absolute Gasteiger partial charge is 0.246 e. The van der Waals surface area contributed by atoms with Crippen LogP contribution in [0.4, 0.5) is 0 Å². The van der Waals surface area contributed by atoms with Crippen molar-refractivity contribution in [1.29, 1.82) is 0 Å². The van der Waals surface area contributed by atoms with Crippen LogP contribution in [0.25, 0.3) is 10.9 Å². The maximum atomic E-state index is 13.4. The monoisotopic (exact) mass is 379 g/mol. The number of methoxy groups -OCH3 is 1. The molecule has 0 radical (unpaired) electrons. The minimum absolute atomic E-state index is 0.0893. The molecule has 0 bridgehead atoms. The van der Waals surface area contributed by atoms with Crippen LogP contribution in [0.5, 0.6) is 5.75 Å². The van der Waals surface area contributed by atoms with Crippen LogP contribution in [-0.4, -0.2) is 52.3 Å². The van der Waals surface area contributed by atoms with Gasteiger partial charge in [-0.2, -0.15) is 0 Å². The van der Waals surface area contributed by atoms with Crippen molar-refractivity contribution in [3.8, 4) is 5.75 Å². The number of piperazine rings is 1. The molecule has 3 atom stereocenters. The third kappa shape index (κ3) is 2.33. The van der Waals surface area contributed by atoms with Gasteiger partial charge in [0.2, 0.25) is 11.8 Å². The highest BCUT2D eigenvalue weighted by molar-refractivity contribution is 5.99. The van der Waals surface area contributed by atoms with Crippen molar-refractivity contribution >= 4 is 22.7 Å². The lowest BCUT2D eigenvalue weighted by molar-refractivity contribution is -0.162. The molecular formula is C22H25N3O3. The molecule has 6 heteroatoms. The highest BCUT2D eigenvalue weighted by Gasteiger charge is 2.52. The zero-order valence-corrected chi connectivity index (χ0v) is 16.5. The normalized spacial score (nSPS) is 26.2. The number of H-pyrrole nitrogens is 1. The first kappa shape index (κ1) is 17.3. The maximum absolute atomic E-state index is 13.4. The van der Waals surface area contributed by atoms with Crippen molar-refractivity contribution in [1.82, 2.24) is 14.8 Å². The van der Waals surface area contributed by atoms with Gasteiger partial charge in [0.25, 0.3) is 0 Å². The van der Waals surface area contributed by atoms with Gasteiger partial charge in [-0.05, 0) is 44.4 Å². The van der Waals surface area contributed by atoms with E-state index in [9.17, 15) is 9.59 Å². The zero-order valence-electron chi connectivity index (χ0n) is 16.5. The van der Waals surface area contributed by atoms with Crippen LogP contribution in [0.15, 0.2) is 29.8 Å². The Labute approximate surface area is 164 Å². The summed E-state index contributed by atoms with van der Waals surface area (Å²) in [4.78, 5) is 33.8. The Hall–Kier alpha value is -2.76. The molecular weight excluding hydrogens is 354 g/mol. The number of aromatic nitrogens is 1. The lowest BCUT2D eigenvalue weighted by Gasteiger charge is -2.47. The molecule has 28 heavy (non-hydrogen) atoms. The molecule has 0 saturated carbocycles. The Kier molecular flexibility index (Phi) is 3.79. The molecule has 2 unspecified atom stereocenters. The fraction of sp³-hybridized carbons (Fsp3) is 0.455. The van der Waals surface area contributed by atoms with Crippen LogP contribution in [-0.2, 0) is 16.0 Å². The molecule has 6 nitrogen and oxygen atoms in total. The van der Waals surface area contributed by atoms with Crippen LogP contribution >= 0.6 is 0 Å². The van der Waals surface area contributed by atoms with E-state index in [2.05, 4.69) is 11.1 Å². The maximum Gasteiger partial charge on any atom is 0.246 e. The summed E-state index contributed by atoms with van der Waals surface area (Å²) in [6.45, 7) is 4.77. The van der Waals surface area contributed by atoms with Crippen LogP contribution in [0.1, 0.15) is 44.0 Å². The SMILES string of the molecule is COc1ccc2c3c([nH]c2c1)[C@H](C=C(C)C)N1C(=O)C2CCCN2C(=O)C1C3. The third-order valence-corrected chi connectivity index (χ3v) is 6.33. The molecule has 1 N–H and O–H groups in total. The van der Waals surface area contributed by atoms with Crippen molar-refractivity contribution in [3.63, 3.8) is 0 Å². The van der Waals surface area contributed by atoms with Gasteiger partial charge < -0.3 is 19.5 Å². The standard InChI is InChI=1S/C22H25N3O3/c1-12(2)9-18-20-15(14-7-6-13(28-3)10-16(14)23-20)11-19-21(26)24-8-4-5-17(24)22(27)25(18)19/h6-7,9-10,17-19,23H,4-5,8,11H2,1-3H3/t17?,18-,19?/m0/s1. The van der Waals surface area contributed by atoms with Gasteiger partial charge in [-0.3, -0.25) is 9.59 Å². The number of ether oxygens (including phenoxy) is 1. The zero-order chi connectivity index (χ0) is 19.6. The van der Waals surface area contributed by atoms with E-state index in [1.807, 2.05) is 41.8 Å². The van der Waals surface area contributed by atoms with Crippen molar-refractivity contribution in [3.05, 3.63) is 41.1 Å². The fourth-order valence-electron chi connectivity index (χ4n) is 5.11. The summed E-state index contributed by atoms with van der Waals surface area (Å²) in [5, 5.41) is 1.10. The first-order valence-electron chi connectivity index (χ1n) is 9.95. The molecule has 3 aliphatic rings. The van der Waals surface area contributed by atoms with Gasteiger partial charge in [0, 0.05) is 35.6 Å². The van der Waals surface area contributed by atoms with E-state index in [0.717, 1.165) is 46.3 Å². The summed E-state index contributed by atoms with van der Waals surface area (Å²) in [6, 6.07) is 5.03. The van der Waals surface area contributed by atoms with E-state index in [1.165, 1.54) is 0 Å². The van der Waals surface area contributed by atoms with Crippen LogP contribution < -0.4 is 4.74 Å². The van der Waals surface area contributed by atoms with Crippen molar-refractivity contribution in [2.75, 3.05) is 13.7 Å². The number of hydrogen-bond acceptors (Lipinski definition) is 3. The lowest BCUT2D eigenvalue weighted by atomic mass is 9.87. The number of aromatic amines is 1. The predicted octanol–water partition coefficient (Wildman–Crippen LogP) is 2.94. The fourth-order valence-corrected chi connectivity index (χ4v) is 5.11. The Morgan fingerprint density at radius 1 is 1.21 bits per heavy atom. The first-order valence-corrected chi connectivity index (χ1v) is 9.95. The number of rotatable bonds is 2. The molecule has 2 amide bonds. The van der Waals surface area contributed by atoms with E-state index in [1.54, 1.807) is 7.11 Å². The molecule has 0 aliphatic carbocycles. The minimum Gasteiger partial charge on any atom is -0.497 e. The van der Waals surface area contributed by atoms with Gasteiger partial charge in [-0.1, -0.05) is 11.6 Å². The van der Waals surface area contributed by atoms with Gasteiger partial charge in [0.05, 0.1) is 13.2 Å². The lowest BCUT2D eigenvalue weighted by Crippen LogP contribution is -2.65. The summed E-state index contributed by atoms with van der Waals surface area (Å²) in [5.74, 6) is 0.977. The Balaban J connectivity index is 1.70. The van der Waals surface area contributed by atoms with Gasteiger partial charge in [-0.15, -0.1) is 0 Å². The molecule has 146 valence electrons. The summed E-state index contributed by atoms with van der Waals surface area (Å²) >= 11 is 0. The van der Waals surface area contributed by atoms with Gasteiger partial charge in [0.1, 0.15) is 17.8 Å². The molecule has 5 rings (SSSR count).